The Morgan fingerprint density at radius 1 is 1.35 bits per heavy atom. The van der Waals surface area contributed by atoms with E-state index in [1.54, 1.807) is 4.90 Å². The molecule has 2 bridgehead atoms. The number of amides is 2. The topological polar surface area (TPSA) is 32.8 Å². The molecule has 2 amide bonds. The highest BCUT2D eigenvalue weighted by atomic mass is 16.7. The van der Waals surface area contributed by atoms with E-state index in [0.29, 0.717) is 19.7 Å². The van der Waals surface area contributed by atoms with Crippen LogP contribution in [0.25, 0.3) is 0 Å². The minimum Gasteiger partial charge on any atom is -0.309 e. The Hall–Kier alpha value is -1.99. The predicted octanol–water partition coefficient (Wildman–Crippen LogP) is 1.24. The summed E-state index contributed by atoms with van der Waals surface area (Å²) in [5.41, 5.74) is 1.05. The van der Waals surface area contributed by atoms with Gasteiger partial charge in [0.2, 0.25) is 0 Å². The largest absolute Gasteiger partial charge is 0.346 e. The average molecular weight is 228 g/mol. The summed E-state index contributed by atoms with van der Waals surface area (Å²) < 4.78 is 0. The maximum absolute atomic E-state index is 11.9. The van der Waals surface area contributed by atoms with Gasteiger partial charge in [-0.05, 0) is 5.56 Å². The molecule has 2 aliphatic rings. The first-order valence-corrected chi connectivity index (χ1v) is 5.58. The maximum Gasteiger partial charge on any atom is 0.346 e. The van der Waals surface area contributed by atoms with E-state index in [1.165, 1.54) is 5.06 Å². The van der Waals surface area contributed by atoms with E-state index in [4.69, 9.17) is 4.84 Å². The van der Waals surface area contributed by atoms with Crippen LogP contribution >= 0.6 is 0 Å². The SMILES string of the molecule is O=C1N2CC#CC(C2)N1OCc1ccccc1. The van der Waals surface area contributed by atoms with Crippen molar-refractivity contribution in [3.63, 3.8) is 0 Å². The Morgan fingerprint density at radius 2 is 2.18 bits per heavy atom. The molecular weight excluding hydrogens is 216 g/mol. The van der Waals surface area contributed by atoms with E-state index in [1.807, 2.05) is 30.3 Å². The molecule has 0 aliphatic carbocycles. The van der Waals surface area contributed by atoms with Gasteiger partial charge in [-0.3, -0.25) is 4.84 Å². The molecule has 1 atom stereocenters. The normalized spacial score (nSPS) is 21.4. The number of nitrogens with zero attached hydrogens (tertiary/aromatic N) is 2. The maximum atomic E-state index is 11.9. The van der Waals surface area contributed by atoms with Crippen molar-refractivity contribution in [1.82, 2.24) is 9.96 Å². The predicted molar refractivity (Wildman–Crippen MR) is 61.6 cm³/mol. The third-order valence-corrected chi connectivity index (χ3v) is 2.89. The van der Waals surface area contributed by atoms with Gasteiger partial charge < -0.3 is 4.90 Å². The van der Waals surface area contributed by atoms with Crippen molar-refractivity contribution in [2.45, 2.75) is 12.6 Å². The lowest BCUT2D eigenvalue weighted by molar-refractivity contribution is -0.129. The number of fused-ring (bicyclic) bond motifs is 2. The van der Waals surface area contributed by atoms with Gasteiger partial charge >= 0.3 is 6.03 Å². The lowest BCUT2D eigenvalue weighted by Crippen LogP contribution is -2.33. The van der Waals surface area contributed by atoms with Crippen LogP contribution in [0.1, 0.15) is 5.56 Å². The molecule has 3 rings (SSSR count). The summed E-state index contributed by atoms with van der Waals surface area (Å²) in [6.07, 6.45) is 0. The molecule has 1 aromatic carbocycles. The second-order valence-electron chi connectivity index (χ2n) is 4.08. The van der Waals surface area contributed by atoms with E-state index < -0.39 is 0 Å². The van der Waals surface area contributed by atoms with E-state index in [2.05, 4.69) is 11.8 Å². The van der Waals surface area contributed by atoms with Crippen molar-refractivity contribution in [3.8, 4) is 11.8 Å². The van der Waals surface area contributed by atoms with Crippen LogP contribution < -0.4 is 0 Å². The number of rotatable bonds is 3. The van der Waals surface area contributed by atoms with E-state index in [0.717, 1.165) is 5.56 Å². The Labute approximate surface area is 99.7 Å². The highest BCUT2D eigenvalue weighted by Crippen LogP contribution is 2.19. The monoisotopic (exact) mass is 228 g/mol. The highest BCUT2D eigenvalue weighted by Gasteiger charge is 2.38. The van der Waals surface area contributed by atoms with Gasteiger partial charge in [0.05, 0.1) is 13.1 Å². The summed E-state index contributed by atoms with van der Waals surface area (Å²) >= 11 is 0. The Bertz CT molecular complexity index is 489. The van der Waals surface area contributed by atoms with Gasteiger partial charge in [0.1, 0.15) is 12.6 Å². The lowest BCUT2D eigenvalue weighted by atomic mass is 10.2. The molecule has 4 nitrogen and oxygen atoms in total. The summed E-state index contributed by atoms with van der Waals surface area (Å²) in [4.78, 5) is 19.1. The van der Waals surface area contributed by atoms with Gasteiger partial charge in [0.15, 0.2) is 0 Å². The quantitative estimate of drug-likeness (QED) is 0.729. The number of carbonyl (C=O) groups excluding carboxylic acids is 1. The Kier molecular flexibility index (Phi) is 2.46. The van der Waals surface area contributed by atoms with E-state index in [9.17, 15) is 4.79 Å². The van der Waals surface area contributed by atoms with Crippen molar-refractivity contribution >= 4 is 6.03 Å². The molecule has 1 fully saturated rings. The number of hydrogen-bond acceptors (Lipinski definition) is 2. The first-order chi connectivity index (χ1) is 8.34. The average Bonchev–Trinajstić information content (AvgIpc) is 2.60. The Morgan fingerprint density at radius 3 is 2.94 bits per heavy atom. The molecule has 1 unspecified atom stereocenters. The van der Waals surface area contributed by atoms with Crippen LogP contribution in [0.5, 0.6) is 0 Å². The van der Waals surface area contributed by atoms with Crippen molar-refractivity contribution in [2.24, 2.45) is 0 Å². The Balaban J connectivity index is 1.67. The van der Waals surface area contributed by atoms with Crippen molar-refractivity contribution in [2.75, 3.05) is 13.1 Å². The molecule has 1 saturated heterocycles. The van der Waals surface area contributed by atoms with Gasteiger partial charge in [-0.25, -0.2) is 4.79 Å². The zero-order chi connectivity index (χ0) is 11.7. The van der Waals surface area contributed by atoms with Gasteiger partial charge in [0.25, 0.3) is 0 Å². The molecule has 2 aliphatic heterocycles. The van der Waals surface area contributed by atoms with E-state index >= 15 is 0 Å². The molecule has 0 spiro atoms. The summed E-state index contributed by atoms with van der Waals surface area (Å²) in [5.74, 6) is 5.95. The smallest absolute Gasteiger partial charge is 0.309 e. The number of carbonyl (C=O) groups is 1. The van der Waals surface area contributed by atoms with Crippen LogP contribution in [-0.2, 0) is 11.4 Å². The second-order valence-corrected chi connectivity index (χ2v) is 4.08. The molecule has 0 saturated carbocycles. The van der Waals surface area contributed by atoms with Crippen LogP contribution in [0.15, 0.2) is 30.3 Å². The number of hydroxylamine groups is 2. The summed E-state index contributed by atoms with van der Waals surface area (Å²) in [6.45, 7) is 1.57. The molecule has 86 valence electrons. The van der Waals surface area contributed by atoms with Gasteiger partial charge in [0, 0.05) is 0 Å². The third kappa shape index (κ3) is 1.85. The second kappa shape index (κ2) is 4.11. The zero-order valence-electron chi connectivity index (χ0n) is 9.30. The summed E-state index contributed by atoms with van der Waals surface area (Å²) in [5, 5.41) is 1.40. The first kappa shape index (κ1) is 10.2. The minimum absolute atomic E-state index is 0.0940. The van der Waals surface area contributed by atoms with Crippen LogP contribution in [0.2, 0.25) is 0 Å². The third-order valence-electron chi connectivity index (χ3n) is 2.89. The van der Waals surface area contributed by atoms with Crippen LogP contribution in [-0.4, -0.2) is 35.1 Å². The fourth-order valence-electron chi connectivity index (χ4n) is 1.99. The molecule has 0 aromatic heterocycles. The van der Waals surface area contributed by atoms with Crippen LogP contribution in [0, 0.1) is 11.8 Å². The molecule has 0 radical (unpaired) electrons. The molecule has 4 heteroatoms. The molecule has 0 N–H and O–H groups in total. The first-order valence-electron chi connectivity index (χ1n) is 5.58. The van der Waals surface area contributed by atoms with Gasteiger partial charge in [-0.15, -0.1) is 0 Å². The number of benzene rings is 1. The number of hydrogen-bond donors (Lipinski definition) is 0. The fourth-order valence-corrected chi connectivity index (χ4v) is 1.99. The lowest BCUT2D eigenvalue weighted by Gasteiger charge is -2.17. The van der Waals surface area contributed by atoms with E-state index in [-0.39, 0.29) is 12.1 Å². The highest BCUT2D eigenvalue weighted by molar-refractivity contribution is 5.77. The molecule has 2 heterocycles. The zero-order valence-corrected chi connectivity index (χ0v) is 9.30. The van der Waals surface area contributed by atoms with Gasteiger partial charge in [-0.1, -0.05) is 42.2 Å². The van der Waals surface area contributed by atoms with Gasteiger partial charge in [-0.2, -0.15) is 5.06 Å². The standard InChI is InChI=1S/C13H12N2O2/c16-13-14-8-4-7-12(9-14)15(13)17-10-11-5-2-1-3-6-11/h1-3,5-6,12H,8-10H2. The van der Waals surface area contributed by atoms with Crippen LogP contribution in [0.3, 0.4) is 0 Å². The molecule has 17 heavy (non-hydrogen) atoms. The fraction of sp³-hybridized carbons (Fsp3) is 0.308. The van der Waals surface area contributed by atoms with Crippen molar-refractivity contribution in [3.05, 3.63) is 35.9 Å². The summed E-state index contributed by atoms with van der Waals surface area (Å²) in [6, 6.07) is 9.59. The molecule has 1 aromatic rings. The number of urea groups is 1. The summed E-state index contributed by atoms with van der Waals surface area (Å²) in [7, 11) is 0. The minimum atomic E-state index is -0.111. The molecular formula is C13H12N2O2. The van der Waals surface area contributed by atoms with Crippen molar-refractivity contribution < 1.29 is 9.63 Å². The van der Waals surface area contributed by atoms with Crippen LogP contribution in [0.4, 0.5) is 4.79 Å². The van der Waals surface area contributed by atoms with Crippen molar-refractivity contribution in [1.29, 1.82) is 0 Å².